The van der Waals surface area contributed by atoms with Crippen LogP contribution in [0.5, 0.6) is 5.75 Å². The van der Waals surface area contributed by atoms with E-state index in [0.717, 1.165) is 4.88 Å². The standard InChI is InChI=1S/C18H19N3O3S/c1-4-24-15-8-6-5-7-14(15)20-16(22)12(3)21-10-19-17-13(18(21)23)9-11(2)25-17/h5-10,12H,4H2,1-3H3,(H,20,22). The molecule has 0 spiro atoms. The lowest BCUT2D eigenvalue weighted by atomic mass is 10.2. The van der Waals surface area contributed by atoms with Crippen LogP contribution >= 0.6 is 11.3 Å². The van der Waals surface area contributed by atoms with Crippen LogP contribution in [0.15, 0.2) is 41.5 Å². The van der Waals surface area contributed by atoms with Gasteiger partial charge in [0.1, 0.15) is 16.6 Å². The smallest absolute Gasteiger partial charge is 0.262 e. The summed E-state index contributed by atoms with van der Waals surface area (Å²) in [6.07, 6.45) is 1.43. The third-order valence-corrected chi connectivity index (χ3v) is 4.80. The number of para-hydroxylation sites is 2. The predicted molar refractivity (Wildman–Crippen MR) is 99.6 cm³/mol. The number of hydrogen-bond donors (Lipinski definition) is 1. The van der Waals surface area contributed by atoms with Gasteiger partial charge in [0.05, 0.1) is 24.0 Å². The van der Waals surface area contributed by atoms with E-state index in [1.54, 1.807) is 25.1 Å². The molecule has 0 fully saturated rings. The molecule has 7 heteroatoms. The molecule has 3 aromatic rings. The van der Waals surface area contributed by atoms with Gasteiger partial charge in [0.25, 0.3) is 5.56 Å². The Bertz CT molecular complexity index is 977. The van der Waals surface area contributed by atoms with E-state index >= 15 is 0 Å². The van der Waals surface area contributed by atoms with Gasteiger partial charge in [0, 0.05) is 4.88 Å². The second-order valence-electron chi connectivity index (χ2n) is 5.63. The van der Waals surface area contributed by atoms with Crippen molar-refractivity contribution < 1.29 is 9.53 Å². The number of carbonyl (C=O) groups excluding carboxylic acids is 1. The first-order valence-electron chi connectivity index (χ1n) is 8.01. The molecule has 0 saturated carbocycles. The highest BCUT2D eigenvalue weighted by atomic mass is 32.1. The van der Waals surface area contributed by atoms with Crippen LogP contribution in [0, 0.1) is 6.92 Å². The maximum atomic E-state index is 12.6. The van der Waals surface area contributed by atoms with E-state index in [1.807, 2.05) is 26.0 Å². The predicted octanol–water partition coefficient (Wildman–Crippen LogP) is 3.36. The fourth-order valence-corrected chi connectivity index (χ4v) is 3.39. The van der Waals surface area contributed by atoms with Gasteiger partial charge in [-0.25, -0.2) is 4.98 Å². The van der Waals surface area contributed by atoms with Crippen LogP contribution in [0.4, 0.5) is 5.69 Å². The number of fused-ring (bicyclic) bond motifs is 1. The van der Waals surface area contributed by atoms with Crippen molar-refractivity contribution in [2.24, 2.45) is 0 Å². The Balaban J connectivity index is 1.88. The van der Waals surface area contributed by atoms with E-state index in [4.69, 9.17) is 4.74 Å². The molecule has 25 heavy (non-hydrogen) atoms. The largest absolute Gasteiger partial charge is 0.492 e. The van der Waals surface area contributed by atoms with Gasteiger partial charge in [-0.15, -0.1) is 11.3 Å². The maximum absolute atomic E-state index is 12.6. The molecular weight excluding hydrogens is 338 g/mol. The fraction of sp³-hybridized carbons (Fsp3) is 0.278. The summed E-state index contributed by atoms with van der Waals surface area (Å²) in [5.74, 6) is 0.294. The molecule has 0 aliphatic heterocycles. The van der Waals surface area contributed by atoms with Gasteiger partial charge in [0.2, 0.25) is 5.91 Å². The molecule has 0 aliphatic carbocycles. The molecule has 6 nitrogen and oxygen atoms in total. The molecule has 0 aliphatic rings. The van der Waals surface area contributed by atoms with Crippen molar-refractivity contribution in [1.82, 2.24) is 9.55 Å². The van der Waals surface area contributed by atoms with Crippen LogP contribution in [0.2, 0.25) is 0 Å². The molecule has 1 atom stereocenters. The number of amides is 1. The van der Waals surface area contributed by atoms with E-state index in [1.165, 1.54) is 22.2 Å². The number of aryl methyl sites for hydroxylation is 1. The van der Waals surface area contributed by atoms with Gasteiger partial charge in [-0.3, -0.25) is 14.2 Å². The van der Waals surface area contributed by atoms with Crippen LogP contribution < -0.4 is 15.6 Å². The van der Waals surface area contributed by atoms with Crippen LogP contribution in [-0.4, -0.2) is 22.1 Å². The molecule has 3 rings (SSSR count). The highest BCUT2D eigenvalue weighted by Crippen LogP contribution is 2.25. The number of ether oxygens (including phenoxy) is 1. The summed E-state index contributed by atoms with van der Waals surface area (Å²) in [6.45, 7) is 5.98. The number of thiophene rings is 1. The maximum Gasteiger partial charge on any atom is 0.262 e. The molecule has 1 aromatic carbocycles. The van der Waals surface area contributed by atoms with Crippen molar-refractivity contribution in [3.8, 4) is 5.75 Å². The van der Waals surface area contributed by atoms with E-state index in [9.17, 15) is 9.59 Å². The van der Waals surface area contributed by atoms with Crippen molar-refractivity contribution in [2.75, 3.05) is 11.9 Å². The summed E-state index contributed by atoms with van der Waals surface area (Å²) in [7, 11) is 0. The molecule has 1 amide bonds. The number of aromatic nitrogens is 2. The van der Waals surface area contributed by atoms with Crippen LogP contribution in [-0.2, 0) is 4.79 Å². The second kappa shape index (κ2) is 7.06. The summed E-state index contributed by atoms with van der Waals surface area (Å²) in [5.41, 5.74) is 0.366. The number of carbonyl (C=O) groups is 1. The highest BCUT2D eigenvalue weighted by molar-refractivity contribution is 7.18. The molecule has 0 radical (unpaired) electrons. The number of anilines is 1. The van der Waals surface area contributed by atoms with Crippen molar-refractivity contribution in [3.63, 3.8) is 0 Å². The van der Waals surface area contributed by atoms with E-state index in [2.05, 4.69) is 10.3 Å². The molecule has 2 aromatic heterocycles. The molecule has 1 N–H and O–H groups in total. The van der Waals surface area contributed by atoms with Crippen LogP contribution in [0.25, 0.3) is 10.2 Å². The molecule has 0 saturated heterocycles. The molecule has 2 heterocycles. The summed E-state index contributed by atoms with van der Waals surface area (Å²) in [5, 5.41) is 3.37. The second-order valence-corrected chi connectivity index (χ2v) is 6.86. The molecule has 130 valence electrons. The lowest BCUT2D eigenvalue weighted by Crippen LogP contribution is -2.31. The van der Waals surface area contributed by atoms with E-state index in [0.29, 0.717) is 28.3 Å². The Labute approximate surface area is 149 Å². The number of hydrogen-bond acceptors (Lipinski definition) is 5. The van der Waals surface area contributed by atoms with E-state index < -0.39 is 6.04 Å². The molecular formula is C18H19N3O3S. The van der Waals surface area contributed by atoms with Gasteiger partial charge < -0.3 is 10.1 Å². The van der Waals surface area contributed by atoms with Gasteiger partial charge >= 0.3 is 0 Å². The van der Waals surface area contributed by atoms with Crippen LogP contribution in [0.1, 0.15) is 24.8 Å². The van der Waals surface area contributed by atoms with Gasteiger partial charge in [0.15, 0.2) is 0 Å². The lowest BCUT2D eigenvalue weighted by molar-refractivity contribution is -0.118. The minimum Gasteiger partial charge on any atom is -0.492 e. The average Bonchev–Trinajstić information content (AvgIpc) is 2.98. The lowest BCUT2D eigenvalue weighted by Gasteiger charge is -2.16. The van der Waals surface area contributed by atoms with Crippen molar-refractivity contribution >= 4 is 33.1 Å². The summed E-state index contributed by atoms with van der Waals surface area (Å²) < 4.78 is 6.87. The van der Waals surface area contributed by atoms with Crippen molar-refractivity contribution in [2.45, 2.75) is 26.8 Å². The fourth-order valence-electron chi connectivity index (χ4n) is 2.55. The van der Waals surface area contributed by atoms with Crippen molar-refractivity contribution in [3.05, 3.63) is 51.9 Å². The number of benzene rings is 1. The first-order valence-corrected chi connectivity index (χ1v) is 8.83. The first-order chi connectivity index (χ1) is 12.0. The van der Waals surface area contributed by atoms with Gasteiger partial charge in [-0.1, -0.05) is 12.1 Å². The highest BCUT2D eigenvalue weighted by Gasteiger charge is 2.19. The Morgan fingerprint density at radius 1 is 1.40 bits per heavy atom. The number of nitrogens with zero attached hydrogens (tertiary/aromatic N) is 2. The van der Waals surface area contributed by atoms with Gasteiger partial charge in [-0.05, 0) is 39.0 Å². The van der Waals surface area contributed by atoms with Gasteiger partial charge in [-0.2, -0.15) is 0 Å². The zero-order chi connectivity index (χ0) is 18.0. The third-order valence-electron chi connectivity index (χ3n) is 3.84. The zero-order valence-electron chi connectivity index (χ0n) is 14.3. The van der Waals surface area contributed by atoms with Crippen molar-refractivity contribution in [1.29, 1.82) is 0 Å². The Morgan fingerprint density at radius 3 is 2.92 bits per heavy atom. The minimum absolute atomic E-state index is 0.213. The summed E-state index contributed by atoms with van der Waals surface area (Å²) >= 11 is 1.46. The Kier molecular flexibility index (Phi) is 4.85. The number of nitrogens with one attached hydrogen (secondary N) is 1. The Morgan fingerprint density at radius 2 is 2.16 bits per heavy atom. The topological polar surface area (TPSA) is 73.2 Å². The quantitative estimate of drug-likeness (QED) is 0.760. The van der Waals surface area contributed by atoms with E-state index in [-0.39, 0.29) is 11.5 Å². The molecule has 0 bridgehead atoms. The normalized spacial score (nSPS) is 12.1. The number of rotatable bonds is 5. The third kappa shape index (κ3) is 3.41. The minimum atomic E-state index is -0.695. The monoisotopic (exact) mass is 357 g/mol. The first kappa shape index (κ1) is 17.2. The molecule has 1 unspecified atom stereocenters. The average molecular weight is 357 g/mol. The van der Waals surface area contributed by atoms with Crippen LogP contribution in [0.3, 0.4) is 0 Å². The SMILES string of the molecule is CCOc1ccccc1NC(=O)C(C)n1cnc2sc(C)cc2c1=O. The Hall–Kier alpha value is -2.67. The summed E-state index contributed by atoms with van der Waals surface area (Å²) in [6, 6.07) is 8.32. The summed E-state index contributed by atoms with van der Waals surface area (Å²) in [4.78, 5) is 31.2. The zero-order valence-corrected chi connectivity index (χ0v) is 15.1.